The number of hydrogen-bond donors (Lipinski definition) is 0. The Bertz CT molecular complexity index is 503. The minimum atomic E-state index is 1.00. The van der Waals surface area contributed by atoms with Crippen molar-refractivity contribution in [1.29, 1.82) is 0 Å². The lowest BCUT2D eigenvalue weighted by molar-refractivity contribution is 1.28. The summed E-state index contributed by atoms with van der Waals surface area (Å²) in [6, 6.07) is 8.27. The molecule has 1 aromatic carbocycles. The van der Waals surface area contributed by atoms with E-state index in [0.29, 0.717) is 0 Å². The third-order valence-electron chi connectivity index (χ3n) is 2.14. The van der Waals surface area contributed by atoms with E-state index in [2.05, 4.69) is 46.3 Å². The van der Waals surface area contributed by atoms with Crippen LogP contribution in [0.25, 0.3) is 16.3 Å². The molecule has 2 aromatic rings. The van der Waals surface area contributed by atoms with E-state index < -0.39 is 0 Å². The van der Waals surface area contributed by atoms with Crippen LogP contribution in [0.4, 0.5) is 0 Å². The lowest BCUT2D eigenvalue weighted by Crippen LogP contribution is -1.91. The molecule has 0 spiro atoms. The van der Waals surface area contributed by atoms with Crippen LogP contribution in [0.3, 0.4) is 0 Å². The third kappa shape index (κ3) is 1.54. The predicted octanol–water partition coefficient (Wildman–Crippen LogP) is 3.87. The van der Waals surface area contributed by atoms with Crippen molar-refractivity contribution in [2.45, 2.75) is 6.92 Å². The van der Waals surface area contributed by atoms with Crippen molar-refractivity contribution >= 4 is 38.9 Å². The van der Waals surface area contributed by atoms with Gasteiger partial charge < -0.3 is 0 Å². The van der Waals surface area contributed by atoms with Crippen LogP contribution in [0.2, 0.25) is 0 Å². The first-order chi connectivity index (χ1) is 6.70. The zero-order chi connectivity index (χ0) is 10.1. The molecule has 0 aliphatic heterocycles. The maximum atomic E-state index is 4.40. The zero-order valence-corrected chi connectivity index (χ0v) is 10.1. The summed E-state index contributed by atoms with van der Waals surface area (Å²) in [5.41, 5.74) is 2.02. The molecule has 70 valence electrons. The molecule has 0 saturated carbocycles. The number of pyridine rings is 1. The summed E-state index contributed by atoms with van der Waals surface area (Å²) in [6.45, 7) is 5.91. The first-order valence-electron chi connectivity index (χ1n) is 4.39. The summed E-state index contributed by atoms with van der Waals surface area (Å²) in [7, 11) is 0. The van der Waals surface area contributed by atoms with E-state index in [-0.39, 0.29) is 0 Å². The molecule has 0 saturated heterocycles. The summed E-state index contributed by atoms with van der Waals surface area (Å²) in [5, 5.41) is 2.43. The lowest BCUT2D eigenvalue weighted by Gasteiger charge is -2.05. The van der Waals surface area contributed by atoms with Crippen LogP contribution in [0.5, 0.6) is 0 Å². The fourth-order valence-electron chi connectivity index (χ4n) is 1.43. The molecule has 0 atom stereocenters. The largest absolute Gasteiger partial charge is 0.255 e. The molecular formula is C12H10IN. The van der Waals surface area contributed by atoms with Crippen LogP contribution in [-0.2, 0) is 0 Å². The second-order valence-corrected chi connectivity index (χ2v) is 4.37. The Morgan fingerprint density at radius 1 is 1.36 bits per heavy atom. The Kier molecular flexibility index (Phi) is 2.54. The quantitative estimate of drug-likeness (QED) is 0.728. The number of benzene rings is 1. The molecule has 0 fully saturated rings. The van der Waals surface area contributed by atoms with Crippen molar-refractivity contribution in [2.75, 3.05) is 0 Å². The average Bonchev–Trinajstić information content (AvgIpc) is 2.18. The molecule has 0 amide bonds. The second-order valence-electron chi connectivity index (χ2n) is 3.29. The van der Waals surface area contributed by atoms with E-state index in [1.165, 1.54) is 14.3 Å². The van der Waals surface area contributed by atoms with Crippen LogP contribution in [0.1, 0.15) is 12.6 Å². The SMILES string of the molecule is C=C(C)c1ncc2ccccc2c1I. The van der Waals surface area contributed by atoms with E-state index >= 15 is 0 Å². The van der Waals surface area contributed by atoms with Gasteiger partial charge in [0.15, 0.2) is 0 Å². The van der Waals surface area contributed by atoms with Gasteiger partial charge in [0.2, 0.25) is 0 Å². The molecule has 0 radical (unpaired) electrons. The highest BCUT2D eigenvalue weighted by molar-refractivity contribution is 14.1. The van der Waals surface area contributed by atoms with Crippen molar-refractivity contribution in [1.82, 2.24) is 4.98 Å². The third-order valence-corrected chi connectivity index (χ3v) is 3.23. The van der Waals surface area contributed by atoms with Crippen LogP contribution in [-0.4, -0.2) is 4.98 Å². The molecular weight excluding hydrogens is 285 g/mol. The van der Waals surface area contributed by atoms with E-state index in [1.54, 1.807) is 0 Å². The van der Waals surface area contributed by atoms with Crippen LogP contribution in [0, 0.1) is 3.57 Å². The number of allylic oxidation sites excluding steroid dienone is 1. The maximum absolute atomic E-state index is 4.40. The summed E-state index contributed by atoms with van der Waals surface area (Å²) < 4.78 is 1.19. The highest BCUT2D eigenvalue weighted by Gasteiger charge is 2.05. The minimum Gasteiger partial charge on any atom is -0.255 e. The van der Waals surface area contributed by atoms with Gasteiger partial charge in [0.25, 0.3) is 0 Å². The number of nitrogens with zero attached hydrogens (tertiary/aromatic N) is 1. The number of halogens is 1. The summed E-state index contributed by atoms with van der Waals surface area (Å²) >= 11 is 2.33. The molecule has 2 heteroatoms. The van der Waals surface area contributed by atoms with Crippen molar-refractivity contribution in [3.63, 3.8) is 0 Å². The van der Waals surface area contributed by atoms with E-state index in [1.807, 2.05) is 25.3 Å². The van der Waals surface area contributed by atoms with Crippen molar-refractivity contribution in [2.24, 2.45) is 0 Å². The molecule has 1 aromatic heterocycles. The smallest absolute Gasteiger partial charge is 0.0792 e. The van der Waals surface area contributed by atoms with Crippen LogP contribution < -0.4 is 0 Å². The van der Waals surface area contributed by atoms with Crippen LogP contribution in [0.15, 0.2) is 37.0 Å². The van der Waals surface area contributed by atoms with Gasteiger partial charge in [-0.2, -0.15) is 0 Å². The first kappa shape index (κ1) is 9.65. The normalized spacial score (nSPS) is 10.4. The van der Waals surface area contributed by atoms with Gasteiger partial charge >= 0.3 is 0 Å². The van der Waals surface area contributed by atoms with Gasteiger partial charge in [0, 0.05) is 15.2 Å². The molecule has 0 bridgehead atoms. The van der Waals surface area contributed by atoms with E-state index in [9.17, 15) is 0 Å². The molecule has 1 nitrogen and oxygen atoms in total. The van der Waals surface area contributed by atoms with Gasteiger partial charge in [-0.1, -0.05) is 30.8 Å². The Morgan fingerprint density at radius 3 is 2.79 bits per heavy atom. The Labute approximate surface area is 97.0 Å². The zero-order valence-electron chi connectivity index (χ0n) is 7.92. The maximum Gasteiger partial charge on any atom is 0.0792 e. The monoisotopic (exact) mass is 295 g/mol. The Morgan fingerprint density at radius 2 is 2.07 bits per heavy atom. The Hall–Kier alpha value is -0.900. The summed E-state index contributed by atoms with van der Waals surface area (Å²) in [5.74, 6) is 0. The second kappa shape index (κ2) is 3.69. The number of aromatic nitrogens is 1. The topological polar surface area (TPSA) is 12.9 Å². The highest BCUT2D eigenvalue weighted by Crippen LogP contribution is 2.25. The molecule has 1 heterocycles. The van der Waals surface area contributed by atoms with Gasteiger partial charge in [0.05, 0.1) is 5.69 Å². The van der Waals surface area contributed by atoms with E-state index in [4.69, 9.17) is 0 Å². The first-order valence-corrected chi connectivity index (χ1v) is 5.47. The molecule has 0 unspecified atom stereocenters. The molecule has 14 heavy (non-hydrogen) atoms. The van der Waals surface area contributed by atoms with Gasteiger partial charge in [-0.25, -0.2) is 0 Å². The molecule has 0 N–H and O–H groups in total. The number of fused-ring (bicyclic) bond motifs is 1. The number of rotatable bonds is 1. The predicted molar refractivity (Wildman–Crippen MR) is 69.2 cm³/mol. The summed E-state index contributed by atoms with van der Waals surface area (Å²) in [4.78, 5) is 4.40. The Balaban J connectivity index is 2.81. The van der Waals surface area contributed by atoms with Crippen molar-refractivity contribution in [3.8, 4) is 0 Å². The van der Waals surface area contributed by atoms with Gasteiger partial charge in [-0.05, 0) is 40.5 Å². The van der Waals surface area contributed by atoms with Crippen molar-refractivity contribution < 1.29 is 0 Å². The van der Waals surface area contributed by atoms with Gasteiger partial charge in [-0.15, -0.1) is 0 Å². The van der Waals surface area contributed by atoms with Gasteiger partial charge in [-0.3, -0.25) is 4.98 Å². The van der Waals surface area contributed by atoms with Gasteiger partial charge in [0.1, 0.15) is 0 Å². The molecule has 0 aliphatic rings. The van der Waals surface area contributed by atoms with Crippen molar-refractivity contribution in [3.05, 3.63) is 46.3 Å². The molecule has 0 aliphatic carbocycles. The minimum absolute atomic E-state index is 1.00. The average molecular weight is 295 g/mol. The van der Waals surface area contributed by atoms with Crippen LogP contribution >= 0.6 is 22.6 Å². The number of hydrogen-bond acceptors (Lipinski definition) is 1. The standard InChI is InChI=1S/C12H10IN/c1-8(2)12-11(13)10-6-4-3-5-9(10)7-14-12/h3-7H,1H2,2H3. The van der Waals surface area contributed by atoms with E-state index in [0.717, 1.165) is 11.3 Å². The fraction of sp³-hybridized carbons (Fsp3) is 0.0833. The summed E-state index contributed by atoms with van der Waals surface area (Å²) in [6.07, 6.45) is 1.90. The fourth-order valence-corrected chi connectivity index (χ4v) is 2.52. The molecule has 2 rings (SSSR count). The highest BCUT2D eigenvalue weighted by atomic mass is 127. The lowest BCUT2D eigenvalue weighted by atomic mass is 10.1.